The molecule has 0 aliphatic carbocycles. The average Bonchev–Trinajstić information content (AvgIpc) is 2.42. The van der Waals surface area contributed by atoms with E-state index >= 15 is 0 Å². The normalized spacial score (nSPS) is 10.2. The lowest BCUT2D eigenvalue weighted by molar-refractivity contribution is 0.417. The molecule has 0 fully saturated rings. The van der Waals surface area contributed by atoms with Gasteiger partial charge in [0.1, 0.15) is 5.75 Å². The van der Waals surface area contributed by atoms with E-state index in [0.717, 1.165) is 6.07 Å². The minimum atomic E-state index is -0.816. The van der Waals surface area contributed by atoms with Crippen molar-refractivity contribution in [2.24, 2.45) is 0 Å². The molecular weight excluding hydrogens is 288 g/mol. The summed E-state index contributed by atoms with van der Waals surface area (Å²) in [5.74, 6) is -1.31. The molecule has 1 heterocycles. The first kappa shape index (κ1) is 14.3. The number of aromatic nitrogens is 1. The summed E-state index contributed by atoms with van der Waals surface area (Å²) >= 11 is 5.88. The molecule has 106 valence electrons. The molecule has 0 bridgehead atoms. The molecule has 0 amide bonds. The number of rotatable bonds is 4. The summed E-state index contributed by atoms with van der Waals surface area (Å²) in [5.41, 5.74) is 0.431. The van der Waals surface area contributed by atoms with Crippen molar-refractivity contribution in [1.82, 2.24) is 4.98 Å². The zero-order valence-electron chi connectivity index (χ0n) is 10.8. The number of ether oxygens (including phenoxy) is 1. The number of pyridine rings is 1. The molecule has 2 aromatic rings. The van der Waals surface area contributed by atoms with Crippen molar-refractivity contribution in [2.75, 3.05) is 24.8 Å². The van der Waals surface area contributed by atoms with E-state index in [9.17, 15) is 8.78 Å². The van der Waals surface area contributed by atoms with E-state index in [2.05, 4.69) is 15.6 Å². The van der Waals surface area contributed by atoms with Crippen LogP contribution in [0.2, 0.25) is 5.02 Å². The molecule has 0 saturated heterocycles. The minimum absolute atomic E-state index is 0.0603. The molecule has 2 rings (SSSR count). The lowest BCUT2D eigenvalue weighted by atomic mass is 10.3. The van der Waals surface area contributed by atoms with Gasteiger partial charge in [-0.25, -0.2) is 13.8 Å². The highest BCUT2D eigenvalue weighted by atomic mass is 35.5. The third kappa shape index (κ3) is 2.91. The van der Waals surface area contributed by atoms with Crippen molar-refractivity contribution in [2.45, 2.75) is 0 Å². The molecule has 1 aromatic heterocycles. The Labute approximate surface area is 119 Å². The standard InChI is InChI=1S/C13H12ClF2N3O/c1-17-12-8(15)6-9(16)13(19-12)18-10-5-7(14)3-4-11(10)20-2/h3-6H,1-2H3,(H2,17,18,19). The van der Waals surface area contributed by atoms with Gasteiger partial charge in [0.2, 0.25) is 0 Å². The van der Waals surface area contributed by atoms with E-state index < -0.39 is 11.6 Å². The Kier molecular flexibility index (Phi) is 4.24. The molecule has 4 nitrogen and oxygen atoms in total. The van der Waals surface area contributed by atoms with Crippen molar-refractivity contribution in [3.63, 3.8) is 0 Å². The number of methoxy groups -OCH3 is 1. The first-order valence-electron chi connectivity index (χ1n) is 5.69. The lowest BCUT2D eigenvalue weighted by Gasteiger charge is -2.12. The van der Waals surface area contributed by atoms with Gasteiger partial charge in [-0.05, 0) is 18.2 Å². The van der Waals surface area contributed by atoms with Crippen molar-refractivity contribution in [3.05, 3.63) is 40.9 Å². The summed E-state index contributed by atoms with van der Waals surface area (Å²) in [6.45, 7) is 0. The molecule has 0 atom stereocenters. The van der Waals surface area contributed by atoms with Gasteiger partial charge in [-0.15, -0.1) is 0 Å². The van der Waals surface area contributed by atoms with Crippen LogP contribution in [-0.2, 0) is 0 Å². The van der Waals surface area contributed by atoms with E-state index in [1.54, 1.807) is 18.2 Å². The van der Waals surface area contributed by atoms with Gasteiger partial charge in [-0.1, -0.05) is 11.6 Å². The average molecular weight is 300 g/mol. The second kappa shape index (κ2) is 5.92. The van der Waals surface area contributed by atoms with Crippen LogP contribution in [-0.4, -0.2) is 19.1 Å². The Bertz CT molecular complexity index is 637. The summed E-state index contributed by atoms with van der Waals surface area (Å²) in [5, 5.41) is 5.72. The molecule has 0 aliphatic rings. The Morgan fingerprint density at radius 1 is 1.15 bits per heavy atom. The van der Waals surface area contributed by atoms with Crippen LogP contribution < -0.4 is 15.4 Å². The summed E-state index contributed by atoms with van der Waals surface area (Å²) in [6, 6.07) is 5.58. The Morgan fingerprint density at radius 2 is 1.85 bits per heavy atom. The van der Waals surface area contributed by atoms with E-state index in [0.29, 0.717) is 16.5 Å². The van der Waals surface area contributed by atoms with E-state index in [1.807, 2.05) is 0 Å². The number of nitrogens with zero attached hydrogens (tertiary/aromatic N) is 1. The Hall–Kier alpha value is -2.08. The number of hydrogen-bond donors (Lipinski definition) is 2. The van der Waals surface area contributed by atoms with Crippen molar-refractivity contribution >= 4 is 28.9 Å². The fraction of sp³-hybridized carbons (Fsp3) is 0.154. The summed E-state index contributed by atoms with van der Waals surface area (Å²) in [6.07, 6.45) is 0. The fourth-order valence-electron chi connectivity index (χ4n) is 1.64. The smallest absolute Gasteiger partial charge is 0.169 e. The highest BCUT2D eigenvalue weighted by Crippen LogP contribution is 2.31. The summed E-state index contributed by atoms with van der Waals surface area (Å²) < 4.78 is 32.2. The monoisotopic (exact) mass is 299 g/mol. The minimum Gasteiger partial charge on any atom is -0.495 e. The highest BCUT2D eigenvalue weighted by molar-refractivity contribution is 6.31. The van der Waals surface area contributed by atoms with Crippen LogP contribution >= 0.6 is 11.6 Å². The molecule has 1 aromatic carbocycles. The number of hydrogen-bond acceptors (Lipinski definition) is 4. The maximum absolute atomic E-state index is 13.7. The first-order chi connectivity index (χ1) is 9.55. The maximum atomic E-state index is 13.7. The molecule has 7 heteroatoms. The Balaban J connectivity index is 2.41. The molecule has 0 aliphatic heterocycles. The van der Waals surface area contributed by atoms with Gasteiger partial charge in [-0.3, -0.25) is 0 Å². The first-order valence-corrected chi connectivity index (χ1v) is 6.07. The number of anilines is 3. The van der Waals surface area contributed by atoms with Crippen LogP contribution in [0.1, 0.15) is 0 Å². The van der Waals surface area contributed by atoms with Crippen LogP contribution in [0.3, 0.4) is 0 Å². The zero-order valence-corrected chi connectivity index (χ0v) is 11.6. The van der Waals surface area contributed by atoms with E-state index in [4.69, 9.17) is 16.3 Å². The second-order valence-corrected chi connectivity index (χ2v) is 4.31. The SMILES string of the molecule is CNc1nc(Nc2cc(Cl)ccc2OC)c(F)cc1F. The largest absolute Gasteiger partial charge is 0.495 e. The molecule has 2 N–H and O–H groups in total. The fourth-order valence-corrected chi connectivity index (χ4v) is 1.81. The van der Waals surface area contributed by atoms with Crippen LogP contribution in [0.4, 0.5) is 26.1 Å². The molecular formula is C13H12ClF2N3O. The van der Waals surface area contributed by atoms with Crippen LogP contribution in [0, 0.1) is 11.6 Å². The molecule has 0 radical (unpaired) electrons. The zero-order chi connectivity index (χ0) is 14.7. The third-order valence-corrected chi connectivity index (χ3v) is 2.82. The Morgan fingerprint density at radius 3 is 2.50 bits per heavy atom. The predicted molar refractivity (Wildman–Crippen MR) is 75.0 cm³/mol. The van der Waals surface area contributed by atoms with Crippen molar-refractivity contribution < 1.29 is 13.5 Å². The molecule has 0 spiro atoms. The van der Waals surface area contributed by atoms with Gasteiger partial charge in [0, 0.05) is 18.1 Å². The molecule has 20 heavy (non-hydrogen) atoms. The van der Waals surface area contributed by atoms with Crippen LogP contribution in [0.25, 0.3) is 0 Å². The highest BCUT2D eigenvalue weighted by Gasteiger charge is 2.13. The van der Waals surface area contributed by atoms with Gasteiger partial charge in [0.25, 0.3) is 0 Å². The van der Waals surface area contributed by atoms with Gasteiger partial charge < -0.3 is 15.4 Å². The number of halogens is 3. The second-order valence-electron chi connectivity index (χ2n) is 3.87. The topological polar surface area (TPSA) is 46.2 Å². The summed E-state index contributed by atoms with van der Waals surface area (Å²) in [7, 11) is 2.97. The molecule has 0 unspecified atom stereocenters. The van der Waals surface area contributed by atoms with Gasteiger partial charge in [-0.2, -0.15) is 0 Å². The van der Waals surface area contributed by atoms with E-state index in [1.165, 1.54) is 14.2 Å². The lowest BCUT2D eigenvalue weighted by Crippen LogP contribution is -2.04. The molecule has 0 saturated carbocycles. The van der Waals surface area contributed by atoms with Gasteiger partial charge >= 0.3 is 0 Å². The van der Waals surface area contributed by atoms with Crippen molar-refractivity contribution in [3.8, 4) is 5.75 Å². The van der Waals surface area contributed by atoms with Crippen molar-refractivity contribution in [1.29, 1.82) is 0 Å². The van der Waals surface area contributed by atoms with E-state index in [-0.39, 0.29) is 11.6 Å². The van der Waals surface area contributed by atoms with Crippen LogP contribution in [0.15, 0.2) is 24.3 Å². The maximum Gasteiger partial charge on any atom is 0.169 e. The summed E-state index contributed by atoms with van der Waals surface area (Å²) in [4.78, 5) is 3.82. The third-order valence-electron chi connectivity index (χ3n) is 2.58. The number of nitrogens with one attached hydrogen (secondary N) is 2. The van der Waals surface area contributed by atoms with Crippen LogP contribution in [0.5, 0.6) is 5.75 Å². The van der Waals surface area contributed by atoms with Gasteiger partial charge in [0.15, 0.2) is 23.3 Å². The quantitative estimate of drug-likeness (QED) is 0.901. The number of benzene rings is 1. The van der Waals surface area contributed by atoms with Gasteiger partial charge in [0.05, 0.1) is 12.8 Å². The predicted octanol–water partition coefficient (Wildman–Crippen LogP) is 3.81.